The molecule has 0 radical (unpaired) electrons. The fourth-order valence-corrected chi connectivity index (χ4v) is 3.92. The molecule has 1 atom stereocenters. The number of rotatable bonds is 4. The van der Waals surface area contributed by atoms with Crippen LogP contribution >= 0.6 is 0 Å². The number of ether oxygens (including phenoxy) is 1. The Morgan fingerprint density at radius 3 is 2.75 bits per heavy atom. The highest BCUT2D eigenvalue weighted by Gasteiger charge is 2.23. The molecule has 2 aromatic rings. The number of hydrogen-bond donors (Lipinski definition) is 1. The number of para-hydroxylation sites is 1. The second kappa shape index (κ2) is 8.95. The molecule has 0 spiro atoms. The zero-order chi connectivity index (χ0) is 19.2. The summed E-state index contributed by atoms with van der Waals surface area (Å²) in [5, 5.41) is 3.48. The van der Waals surface area contributed by atoms with E-state index >= 15 is 0 Å². The van der Waals surface area contributed by atoms with Crippen molar-refractivity contribution in [1.82, 2.24) is 15.2 Å². The van der Waals surface area contributed by atoms with Crippen LogP contribution in [0.5, 0.6) is 5.75 Å². The van der Waals surface area contributed by atoms with Gasteiger partial charge in [-0.2, -0.15) is 0 Å². The Bertz CT molecular complexity index is 787. The Hall–Kier alpha value is -2.76. The molecule has 0 aliphatic carbocycles. The monoisotopic (exact) mass is 379 g/mol. The van der Waals surface area contributed by atoms with Gasteiger partial charge >= 0.3 is 0 Å². The van der Waals surface area contributed by atoms with Crippen LogP contribution in [0.25, 0.3) is 0 Å². The lowest BCUT2D eigenvalue weighted by Gasteiger charge is -2.37. The third-order valence-electron chi connectivity index (χ3n) is 5.43. The minimum Gasteiger partial charge on any atom is -0.493 e. The van der Waals surface area contributed by atoms with Crippen LogP contribution in [0.15, 0.2) is 53.7 Å². The molecular formula is C22H29N5O. The molecule has 1 saturated heterocycles. The van der Waals surface area contributed by atoms with Crippen LogP contribution < -0.4 is 15.0 Å². The van der Waals surface area contributed by atoms with E-state index in [4.69, 9.17) is 9.73 Å². The molecule has 2 aliphatic rings. The number of benzene rings is 1. The molecule has 1 N–H and O–H groups in total. The van der Waals surface area contributed by atoms with E-state index in [1.807, 2.05) is 24.4 Å². The average Bonchev–Trinajstić information content (AvgIpc) is 2.77. The third-order valence-corrected chi connectivity index (χ3v) is 5.43. The average molecular weight is 380 g/mol. The van der Waals surface area contributed by atoms with E-state index < -0.39 is 0 Å². The van der Waals surface area contributed by atoms with Gasteiger partial charge in [0.15, 0.2) is 5.96 Å². The molecule has 3 heterocycles. The first-order valence-corrected chi connectivity index (χ1v) is 10.3. The molecule has 1 aromatic carbocycles. The van der Waals surface area contributed by atoms with Crippen LogP contribution in [0.2, 0.25) is 0 Å². The zero-order valence-electron chi connectivity index (χ0n) is 16.6. The number of pyridine rings is 1. The van der Waals surface area contributed by atoms with E-state index in [-0.39, 0.29) is 0 Å². The van der Waals surface area contributed by atoms with Gasteiger partial charge in [0.2, 0.25) is 0 Å². The summed E-state index contributed by atoms with van der Waals surface area (Å²) in [4.78, 5) is 14.2. The van der Waals surface area contributed by atoms with Crippen molar-refractivity contribution in [3.05, 3.63) is 54.2 Å². The molecule has 1 unspecified atom stereocenters. The SMILES string of the molecule is CCNC(=NCC1CCOc2ccccc21)N1CCN(c2ccccn2)CC1. The first-order valence-electron chi connectivity index (χ1n) is 10.3. The summed E-state index contributed by atoms with van der Waals surface area (Å²) in [7, 11) is 0. The maximum atomic E-state index is 5.79. The predicted octanol–water partition coefficient (Wildman–Crippen LogP) is 2.74. The molecule has 2 aliphatic heterocycles. The van der Waals surface area contributed by atoms with E-state index in [9.17, 15) is 0 Å². The first-order chi connectivity index (χ1) is 13.8. The van der Waals surface area contributed by atoms with E-state index in [0.29, 0.717) is 5.92 Å². The highest BCUT2D eigenvalue weighted by atomic mass is 16.5. The van der Waals surface area contributed by atoms with Crippen LogP contribution in [0.3, 0.4) is 0 Å². The summed E-state index contributed by atoms with van der Waals surface area (Å²) in [6, 6.07) is 14.5. The van der Waals surface area contributed by atoms with Gasteiger partial charge in [0.05, 0.1) is 6.61 Å². The number of anilines is 1. The topological polar surface area (TPSA) is 53.0 Å². The smallest absolute Gasteiger partial charge is 0.194 e. The third kappa shape index (κ3) is 4.21. The van der Waals surface area contributed by atoms with Crippen molar-refractivity contribution in [1.29, 1.82) is 0 Å². The number of aliphatic imine (C=N–C) groups is 1. The van der Waals surface area contributed by atoms with Gasteiger partial charge in [0, 0.05) is 51.4 Å². The minimum atomic E-state index is 0.424. The maximum absolute atomic E-state index is 5.79. The van der Waals surface area contributed by atoms with Gasteiger partial charge in [-0.05, 0) is 37.1 Å². The van der Waals surface area contributed by atoms with Crippen molar-refractivity contribution in [2.24, 2.45) is 4.99 Å². The van der Waals surface area contributed by atoms with E-state index in [2.05, 4.69) is 51.3 Å². The van der Waals surface area contributed by atoms with E-state index in [1.165, 1.54) is 5.56 Å². The Balaban J connectivity index is 1.41. The minimum absolute atomic E-state index is 0.424. The first kappa shape index (κ1) is 18.6. The van der Waals surface area contributed by atoms with Crippen LogP contribution in [0, 0.1) is 0 Å². The fraction of sp³-hybridized carbons (Fsp3) is 0.455. The molecule has 4 rings (SSSR count). The van der Waals surface area contributed by atoms with Crippen molar-refractivity contribution in [3.8, 4) is 5.75 Å². The molecule has 1 fully saturated rings. The lowest BCUT2D eigenvalue weighted by molar-refractivity contribution is 0.268. The number of piperazine rings is 1. The Morgan fingerprint density at radius 2 is 1.96 bits per heavy atom. The van der Waals surface area contributed by atoms with Gasteiger partial charge in [-0.15, -0.1) is 0 Å². The van der Waals surface area contributed by atoms with Gasteiger partial charge in [0.1, 0.15) is 11.6 Å². The summed E-state index contributed by atoms with van der Waals surface area (Å²) in [6.07, 6.45) is 2.88. The molecular weight excluding hydrogens is 350 g/mol. The molecule has 0 saturated carbocycles. The molecule has 6 heteroatoms. The largest absolute Gasteiger partial charge is 0.493 e. The lowest BCUT2D eigenvalue weighted by atomic mass is 9.93. The number of nitrogens with one attached hydrogen (secondary N) is 1. The van der Waals surface area contributed by atoms with Crippen molar-refractivity contribution in [3.63, 3.8) is 0 Å². The lowest BCUT2D eigenvalue weighted by Crippen LogP contribution is -2.52. The fourth-order valence-electron chi connectivity index (χ4n) is 3.92. The highest BCUT2D eigenvalue weighted by Crippen LogP contribution is 2.33. The van der Waals surface area contributed by atoms with Crippen molar-refractivity contribution in [2.75, 3.05) is 50.8 Å². The van der Waals surface area contributed by atoms with Gasteiger partial charge in [-0.3, -0.25) is 4.99 Å². The Kier molecular flexibility index (Phi) is 5.95. The number of hydrogen-bond acceptors (Lipinski definition) is 4. The van der Waals surface area contributed by atoms with E-state index in [1.54, 1.807) is 0 Å². The summed E-state index contributed by atoms with van der Waals surface area (Å²) in [5.74, 6) is 3.52. The highest BCUT2D eigenvalue weighted by molar-refractivity contribution is 5.80. The molecule has 148 valence electrons. The van der Waals surface area contributed by atoms with Crippen molar-refractivity contribution in [2.45, 2.75) is 19.3 Å². The second-order valence-corrected chi connectivity index (χ2v) is 7.23. The van der Waals surface area contributed by atoms with E-state index in [0.717, 1.165) is 69.8 Å². The van der Waals surface area contributed by atoms with Gasteiger partial charge in [-0.25, -0.2) is 4.98 Å². The van der Waals surface area contributed by atoms with Crippen LogP contribution in [0.1, 0.15) is 24.8 Å². The Labute approximate surface area is 167 Å². The summed E-state index contributed by atoms with van der Waals surface area (Å²) in [5.41, 5.74) is 1.29. The quantitative estimate of drug-likeness (QED) is 0.654. The van der Waals surface area contributed by atoms with Crippen LogP contribution in [-0.2, 0) is 0 Å². The zero-order valence-corrected chi connectivity index (χ0v) is 16.6. The number of fused-ring (bicyclic) bond motifs is 1. The second-order valence-electron chi connectivity index (χ2n) is 7.23. The summed E-state index contributed by atoms with van der Waals surface area (Å²) >= 11 is 0. The molecule has 0 amide bonds. The number of guanidine groups is 1. The summed E-state index contributed by atoms with van der Waals surface area (Å²) < 4.78 is 5.79. The number of nitrogens with zero attached hydrogens (tertiary/aromatic N) is 4. The van der Waals surface area contributed by atoms with Crippen molar-refractivity contribution < 1.29 is 4.74 Å². The molecule has 1 aromatic heterocycles. The van der Waals surface area contributed by atoms with Crippen molar-refractivity contribution >= 4 is 11.8 Å². The summed E-state index contributed by atoms with van der Waals surface area (Å²) in [6.45, 7) is 8.40. The molecule has 6 nitrogen and oxygen atoms in total. The normalized spacial score (nSPS) is 19.8. The van der Waals surface area contributed by atoms with Crippen LogP contribution in [0.4, 0.5) is 5.82 Å². The molecule has 28 heavy (non-hydrogen) atoms. The Morgan fingerprint density at radius 1 is 1.14 bits per heavy atom. The molecule has 0 bridgehead atoms. The van der Waals surface area contributed by atoms with Crippen LogP contribution in [-0.4, -0.2) is 61.7 Å². The standard InChI is InChI=1S/C22H29N5O/c1-2-23-22(25-17-18-10-16-28-20-8-4-3-7-19(18)20)27-14-12-26(13-15-27)21-9-5-6-11-24-21/h3-9,11,18H,2,10,12-17H2,1H3,(H,23,25). The van der Waals surface area contributed by atoms with Gasteiger partial charge in [-0.1, -0.05) is 24.3 Å². The maximum Gasteiger partial charge on any atom is 0.194 e. The predicted molar refractivity (Wildman–Crippen MR) is 113 cm³/mol. The van der Waals surface area contributed by atoms with Gasteiger partial charge in [0.25, 0.3) is 0 Å². The van der Waals surface area contributed by atoms with Gasteiger partial charge < -0.3 is 19.9 Å². The number of aromatic nitrogens is 1.